The van der Waals surface area contributed by atoms with Gasteiger partial charge in [-0.1, -0.05) is 25.4 Å². The lowest BCUT2D eigenvalue weighted by atomic mass is 10.1. The van der Waals surface area contributed by atoms with Crippen LogP contribution in [0.1, 0.15) is 27.7 Å². The number of halogens is 1. The minimum Gasteiger partial charge on any atom is -0.495 e. The normalized spacial score (nSPS) is 14.2. The Bertz CT molecular complexity index is 691. The molecule has 1 rings (SSSR count). The largest absolute Gasteiger partial charge is 0.495 e. The first-order valence-electron chi connectivity index (χ1n) is 7.62. The second-order valence-corrected chi connectivity index (χ2v) is 8.39. The maximum atomic E-state index is 12.5. The van der Waals surface area contributed by atoms with Crippen molar-refractivity contribution >= 4 is 33.2 Å². The van der Waals surface area contributed by atoms with Crippen LogP contribution < -0.4 is 14.4 Å². The van der Waals surface area contributed by atoms with Gasteiger partial charge in [0.05, 0.1) is 19.1 Å². The molecule has 8 heteroatoms. The van der Waals surface area contributed by atoms with Crippen LogP contribution in [0.25, 0.3) is 0 Å². The maximum absolute atomic E-state index is 12.5. The Morgan fingerprint density at radius 3 is 2.29 bits per heavy atom. The molecule has 0 spiro atoms. The zero-order valence-corrected chi connectivity index (χ0v) is 16.4. The second kappa shape index (κ2) is 8.07. The van der Waals surface area contributed by atoms with Gasteiger partial charge in [-0.25, -0.2) is 8.42 Å². The third-order valence-electron chi connectivity index (χ3n) is 3.84. The van der Waals surface area contributed by atoms with Crippen molar-refractivity contribution in [3.63, 3.8) is 0 Å². The van der Waals surface area contributed by atoms with Gasteiger partial charge in [-0.2, -0.15) is 0 Å². The first-order chi connectivity index (χ1) is 11.0. The van der Waals surface area contributed by atoms with E-state index in [-0.39, 0.29) is 23.6 Å². The van der Waals surface area contributed by atoms with Crippen LogP contribution in [0.5, 0.6) is 5.75 Å². The first-order valence-corrected chi connectivity index (χ1v) is 9.85. The van der Waals surface area contributed by atoms with E-state index in [1.54, 1.807) is 12.1 Å². The van der Waals surface area contributed by atoms with E-state index in [4.69, 9.17) is 16.3 Å². The number of rotatable bonds is 7. The quantitative estimate of drug-likeness (QED) is 0.793. The highest BCUT2D eigenvalue weighted by atomic mass is 35.5. The van der Waals surface area contributed by atoms with Crippen molar-refractivity contribution in [1.29, 1.82) is 0 Å². The smallest absolute Gasteiger partial charge is 0.243 e. The molecule has 0 fully saturated rings. The van der Waals surface area contributed by atoms with Crippen LogP contribution in [-0.4, -0.2) is 39.8 Å². The number of benzene rings is 1. The molecular weight excluding hydrogens is 352 g/mol. The summed E-state index contributed by atoms with van der Waals surface area (Å²) in [5.74, 6) is 0.165. The number of methoxy groups -OCH3 is 1. The molecule has 0 bridgehead atoms. The summed E-state index contributed by atoms with van der Waals surface area (Å²) in [6.45, 7) is 7.36. The predicted octanol–water partition coefficient (Wildman–Crippen LogP) is 2.66. The third-order valence-corrected chi connectivity index (χ3v) is 5.30. The van der Waals surface area contributed by atoms with E-state index in [2.05, 4.69) is 5.32 Å². The fourth-order valence-corrected chi connectivity index (χ4v) is 3.46. The number of nitrogens with one attached hydrogen (secondary N) is 1. The number of carbonyl (C=O) groups is 1. The van der Waals surface area contributed by atoms with Gasteiger partial charge in [0.25, 0.3) is 0 Å². The van der Waals surface area contributed by atoms with Crippen LogP contribution in [0.4, 0.5) is 5.69 Å². The van der Waals surface area contributed by atoms with Crippen LogP contribution in [0.3, 0.4) is 0 Å². The van der Waals surface area contributed by atoms with E-state index >= 15 is 0 Å². The van der Waals surface area contributed by atoms with Crippen LogP contribution >= 0.6 is 11.6 Å². The number of nitrogens with zero attached hydrogens (tertiary/aromatic N) is 1. The molecular formula is C16H25ClN2O4S. The van der Waals surface area contributed by atoms with Crippen molar-refractivity contribution in [3.8, 4) is 5.75 Å². The highest BCUT2D eigenvalue weighted by molar-refractivity contribution is 7.92. The molecule has 0 unspecified atom stereocenters. The number of ether oxygens (including phenoxy) is 1. The van der Waals surface area contributed by atoms with Gasteiger partial charge >= 0.3 is 0 Å². The molecule has 2 atom stereocenters. The average molecular weight is 377 g/mol. The van der Waals surface area contributed by atoms with Gasteiger partial charge in [-0.3, -0.25) is 9.10 Å². The molecule has 0 aromatic heterocycles. The Balaban J connectivity index is 3.29. The summed E-state index contributed by atoms with van der Waals surface area (Å²) >= 11 is 6.00. The molecule has 1 aromatic rings. The standard InChI is InChI=1S/C16H25ClN2O4S/c1-10(2)11(3)18-16(20)12(4)19(24(6,21)22)14-9-13(17)7-8-15(14)23-5/h7-12H,1-6H3,(H,18,20)/t11-,12+/m0/s1. The summed E-state index contributed by atoms with van der Waals surface area (Å²) in [7, 11) is -2.30. The van der Waals surface area contributed by atoms with Crippen LogP contribution in [-0.2, 0) is 14.8 Å². The molecule has 0 aliphatic rings. The van der Waals surface area contributed by atoms with Crippen molar-refractivity contribution < 1.29 is 17.9 Å². The molecule has 0 aliphatic carbocycles. The SMILES string of the molecule is COc1ccc(Cl)cc1N([C@H](C)C(=O)N[C@@H](C)C(C)C)S(C)(=O)=O. The number of sulfonamides is 1. The van der Waals surface area contributed by atoms with Gasteiger partial charge in [0, 0.05) is 11.1 Å². The summed E-state index contributed by atoms with van der Waals surface area (Å²) in [4.78, 5) is 12.5. The molecule has 24 heavy (non-hydrogen) atoms. The molecule has 136 valence electrons. The maximum Gasteiger partial charge on any atom is 0.243 e. The van der Waals surface area contributed by atoms with E-state index < -0.39 is 16.1 Å². The topological polar surface area (TPSA) is 75.7 Å². The number of amides is 1. The van der Waals surface area contributed by atoms with E-state index in [1.807, 2.05) is 20.8 Å². The molecule has 1 aromatic carbocycles. The number of hydrogen-bond acceptors (Lipinski definition) is 4. The van der Waals surface area contributed by atoms with Crippen molar-refractivity contribution in [1.82, 2.24) is 5.32 Å². The highest BCUT2D eigenvalue weighted by Crippen LogP contribution is 2.34. The van der Waals surface area contributed by atoms with Crippen molar-refractivity contribution in [2.45, 2.75) is 39.8 Å². The van der Waals surface area contributed by atoms with E-state index in [1.165, 1.54) is 20.1 Å². The van der Waals surface area contributed by atoms with Crippen molar-refractivity contribution in [2.75, 3.05) is 17.7 Å². The van der Waals surface area contributed by atoms with Crippen LogP contribution in [0, 0.1) is 5.92 Å². The monoisotopic (exact) mass is 376 g/mol. The Morgan fingerprint density at radius 2 is 1.83 bits per heavy atom. The van der Waals surface area contributed by atoms with Gasteiger partial charge in [-0.05, 0) is 38.0 Å². The summed E-state index contributed by atoms with van der Waals surface area (Å²) in [6, 6.07) is 3.60. The minimum absolute atomic E-state index is 0.0809. The Morgan fingerprint density at radius 1 is 1.25 bits per heavy atom. The molecule has 1 amide bonds. The molecule has 0 aliphatic heterocycles. The van der Waals surface area contributed by atoms with Crippen LogP contribution in [0.15, 0.2) is 18.2 Å². The predicted molar refractivity (Wildman–Crippen MR) is 97.2 cm³/mol. The number of carbonyl (C=O) groups excluding carboxylic acids is 1. The fourth-order valence-electron chi connectivity index (χ4n) is 2.13. The lowest BCUT2D eigenvalue weighted by Crippen LogP contribution is -2.50. The number of anilines is 1. The van der Waals surface area contributed by atoms with Gasteiger partial charge in [-0.15, -0.1) is 0 Å². The van der Waals surface area contributed by atoms with Crippen molar-refractivity contribution in [2.24, 2.45) is 5.92 Å². The van der Waals surface area contributed by atoms with Crippen molar-refractivity contribution in [3.05, 3.63) is 23.2 Å². The Hall–Kier alpha value is -1.47. The molecule has 0 saturated carbocycles. The lowest BCUT2D eigenvalue weighted by molar-refractivity contribution is -0.122. The summed E-state index contributed by atoms with van der Waals surface area (Å²) < 4.78 is 30.9. The van der Waals surface area contributed by atoms with E-state index in [0.717, 1.165) is 10.6 Å². The van der Waals surface area contributed by atoms with Gasteiger partial charge in [0.15, 0.2) is 0 Å². The Labute approximate surface area is 149 Å². The summed E-state index contributed by atoms with van der Waals surface area (Å²) in [5, 5.41) is 3.18. The third kappa shape index (κ3) is 5.01. The molecule has 0 heterocycles. The van der Waals surface area contributed by atoms with Gasteiger partial charge in [0.2, 0.25) is 15.9 Å². The molecule has 6 nitrogen and oxygen atoms in total. The fraction of sp³-hybridized carbons (Fsp3) is 0.562. The summed E-state index contributed by atoms with van der Waals surface area (Å²) in [5.41, 5.74) is 0.229. The minimum atomic E-state index is -3.73. The van der Waals surface area contributed by atoms with E-state index in [9.17, 15) is 13.2 Å². The van der Waals surface area contributed by atoms with Gasteiger partial charge < -0.3 is 10.1 Å². The van der Waals surface area contributed by atoms with Crippen LogP contribution in [0.2, 0.25) is 5.02 Å². The Kier molecular flexibility index (Phi) is 6.92. The zero-order chi connectivity index (χ0) is 18.7. The highest BCUT2D eigenvalue weighted by Gasteiger charge is 2.32. The second-order valence-electron chi connectivity index (χ2n) is 6.09. The average Bonchev–Trinajstić information content (AvgIpc) is 2.45. The zero-order valence-electron chi connectivity index (χ0n) is 14.8. The summed E-state index contributed by atoms with van der Waals surface area (Å²) in [6.07, 6.45) is 1.04. The molecule has 1 N–H and O–H groups in total. The molecule has 0 saturated heterocycles. The number of hydrogen-bond donors (Lipinski definition) is 1. The lowest BCUT2D eigenvalue weighted by Gasteiger charge is -2.30. The molecule has 0 radical (unpaired) electrons. The van der Waals surface area contributed by atoms with E-state index in [0.29, 0.717) is 10.8 Å². The first kappa shape index (κ1) is 20.6. The van der Waals surface area contributed by atoms with Gasteiger partial charge in [0.1, 0.15) is 11.8 Å².